The monoisotopic (exact) mass is 385 g/mol. The number of phenols is 1. The normalized spacial score (nSPS) is 27.9. The van der Waals surface area contributed by atoms with Crippen LogP contribution in [0.15, 0.2) is 36.4 Å². The summed E-state index contributed by atoms with van der Waals surface area (Å²) >= 11 is 0. The number of amides is 1. The second-order valence-corrected chi connectivity index (χ2v) is 8.90. The molecule has 0 unspecified atom stereocenters. The van der Waals surface area contributed by atoms with Crippen molar-refractivity contribution in [2.45, 2.75) is 58.4 Å². The average molecular weight is 386 g/mol. The molecule has 0 saturated heterocycles. The summed E-state index contributed by atoms with van der Waals surface area (Å²) in [5, 5.41) is 21.4. The molecule has 1 aromatic rings. The van der Waals surface area contributed by atoms with Crippen molar-refractivity contribution in [2.75, 3.05) is 0 Å². The molecule has 5 heteroatoms. The number of carbonyl (C=O) groups is 2. The molecule has 0 aromatic heterocycles. The van der Waals surface area contributed by atoms with Crippen LogP contribution in [0.5, 0.6) is 5.75 Å². The van der Waals surface area contributed by atoms with E-state index in [1.54, 1.807) is 12.1 Å². The maximum atomic E-state index is 12.8. The van der Waals surface area contributed by atoms with E-state index in [2.05, 4.69) is 31.3 Å². The minimum atomic E-state index is -0.750. The quantitative estimate of drug-likeness (QED) is 0.458. The first-order chi connectivity index (χ1) is 13.3. The number of carboxylic acid groups (broad SMARTS) is 1. The van der Waals surface area contributed by atoms with Crippen LogP contribution in [-0.4, -0.2) is 28.1 Å². The molecule has 3 saturated carbocycles. The topological polar surface area (TPSA) is 86.6 Å². The first kappa shape index (κ1) is 20.4. The van der Waals surface area contributed by atoms with E-state index >= 15 is 0 Å². The molecule has 0 aliphatic heterocycles. The predicted molar refractivity (Wildman–Crippen MR) is 108 cm³/mol. The molecular weight excluding hydrogens is 354 g/mol. The van der Waals surface area contributed by atoms with Gasteiger partial charge in [0, 0.05) is 18.0 Å². The minimum absolute atomic E-state index is 0.0819. The van der Waals surface area contributed by atoms with E-state index in [-0.39, 0.29) is 29.5 Å². The number of benzene rings is 1. The summed E-state index contributed by atoms with van der Waals surface area (Å²) in [5.41, 5.74) is 0.828. The van der Waals surface area contributed by atoms with E-state index in [9.17, 15) is 14.7 Å². The third kappa shape index (κ3) is 4.40. The summed E-state index contributed by atoms with van der Waals surface area (Å²) in [6.07, 6.45) is 9.08. The number of hydrogen-bond donors (Lipinski definition) is 3. The second-order valence-electron chi connectivity index (χ2n) is 8.90. The lowest BCUT2D eigenvalue weighted by Gasteiger charge is -2.62. The Morgan fingerprint density at radius 2 is 1.89 bits per heavy atom. The molecule has 5 nitrogen and oxygen atoms in total. The highest BCUT2D eigenvalue weighted by Crippen LogP contribution is 2.61. The van der Waals surface area contributed by atoms with Crippen LogP contribution in [0.1, 0.15) is 62.7 Å². The van der Waals surface area contributed by atoms with Gasteiger partial charge < -0.3 is 15.5 Å². The van der Waals surface area contributed by atoms with Gasteiger partial charge >= 0.3 is 5.97 Å². The Labute approximate surface area is 166 Å². The number of aromatic hydroxyl groups is 1. The molecule has 152 valence electrons. The lowest BCUT2D eigenvalue weighted by Crippen LogP contribution is -2.63. The number of fused-ring (bicyclic) bond motifs is 2. The highest BCUT2D eigenvalue weighted by molar-refractivity contribution is 5.94. The maximum Gasteiger partial charge on any atom is 0.303 e. The molecule has 1 amide bonds. The molecule has 0 radical (unpaired) electrons. The number of rotatable bonds is 8. The van der Waals surface area contributed by atoms with Gasteiger partial charge in [-0.25, -0.2) is 0 Å². The van der Waals surface area contributed by atoms with Crippen molar-refractivity contribution in [3.8, 4) is 5.75 Å². The van der Waals surface area contributed by atoms with Crippen LogP contribution < -0.4 is 5.32 Å². The highest BCUT2D eigenvalue weighted by atomic mass is 16.4. The van der Waals surface area contributed by atoms with E-state index < -0.39 is 5.97 Å². The zero-order valence-corrected chi connectivity index (χ0v) is 16.7. The number of hydrogen-bond acceptors (Lipinski definition) is 3. The molecule has 28 heavy (non-hydrogen) atoms. The average Bonchev–Trinajstić information content (AvgIpc) is 2.65. The summed E-state index contributed by atoms with van der Waals surface area (Å²) in [6, 6.07) is 6.52. The fourth-order valence-electron chi connectivity index (χ4n) is 4.98. The third-order valence-corrected chi connectivity index (χ3v) is 6.87. The Kier molecular flexibility index (Phi) is 6.11. The van der Waals surface area contributed by atoms with E-state index in [1.807, 2.05) is 0 Å². The Bertz CT molecular complexity index is 737. The first-order valence-electron chi connectivity index (χ1n) is 10.3. The number of phenolic OH excluding ortho intramolecular Hbond substituents is 1. The lowest BCUT2D eigenvalue weighted by atomic mass is 9.44. The smallest absolute Gasteiger partial charge is 0.303 e. The van der Waals surface area contributed by atoms with Gasteiger partial charge in [-0.3, -0.25) is 9.59 Å². The Morgan fingerprint density at radius 1 is 1.18 bits per heavy atom. The summed E-state index contributed by atoms with van der Waals surface area (Å²) < 4.78 is 0. The largest absolute Gasteiger partial charge is 0.508 e. The number of nitrogens with one attached hydrogen (secondary N) is 1. The zero-order chi connectivity index (χ0) is 20.3. The van der Waals surface area contributed by atoms with E-state index in [1.165, 1.54) is 18.6 Å². The molecule has 1 aromatic carbocycles. The van der Waals surface area contributed by atoms with Gasteiger partial charge in [0.25, 0.3) is 5.91 Å². The summed E-state index contributed by atoms with van der Waals surface area (Å²) in [7, 11) is 0. The molecule has 0 heterocycles. The van der Waals surface area contributed by atoms with Crippen LogP contribution in [0.3, 0.4) is 0 Å². The molecule has 4 atom stereocenters. The van der Waals surface area contributed by atoms with Gasteiger partial charge in [0.15, 0.2) is 0 Å². The minimum Gasteiger partial charge on any atom is -0.508 e. The molecule has 3 aliphatic rings. The Morgan fingerprint density at radius 3 is 2.54 bits per heavy atom. The van der Waals surface area contributed by atoms with Crippen LogP contribution in [0, 0.1) is 23.2 Å². The summed E-state index contributed by atoms with van der Waals surface area (Å²) in [5.74, 6) is 0.931. The van der Waals surface area contributed by atoms with Gasteiger partial charge in [-0.2, -0.15) is 0 Å². The van der Waals surface area contributed by atoms with Crippen LogP contribution in [0.2, 0.25) is 0 Å². The van der Waals surface area contributed by atoms with Crippen LogP contribution >= 0.6 is 0 Å². The van der Waals surface area contributed by atoms with E-state index in [0.29, 0.717) is 29.7 Å². The fourth-order valence-corrected chi connectivity index (χ4v) is 4.98. The van der Waals surface area contributed by atoms with Crippen LogP contribution in [0.4, 0.5) is 0 Å². The fraction of sp³-hybridized carbons (Fsp3) is 0.565. The molecule has 3 N–H and O–H groups in total. The van der Waals surface area contributed by atoms with Crippen LogP contribution in [-0.2, 0) is 4.79 Å². The van der Waals surface area contributed by atoms with E-state index in [4.69, 9.17) is 5.11 Å². The second kappa shape index (κ2) is 8.38. The number of aliphatic carboxylic acids is 1. The van der Waals surface area contributed by atoms with Gasteiger partial charge in [0.2, 0.25) is 0 Å². The number of carboxylic acids is 1. The van der Waals surface area contributed by atoms with Gasteiger partial charge in [-0.05, 0) is 79.5 Å². The van der Waals surface area contributed by atoms with Gasteiger partial charge in [-0.1, -0.05) is 26.0 Å². The molecule has 2 bridgehead atoms. The lowest BCUT2D eigenvalue weighted by molar-refractivity contribution is -0.137. The zero-order valence-electron chi connectivity index (χ0n) is 16.7. The maximum absolute atomic E-state index is 12.8. The van der Waals surface area contributed by atoms with Crippen molar-refractivity contribution in [1.82, 2.24) is 5.32 Å². The molecule has 3 fully saturated rings. The van der Waals surface area contributed by atoms with Gasteiger partial charge in [0.1, 0.15) is 5.75 Å². The Balaban J connectivity index is 1.62. The molecule has 3 aliphatic carbocycles. The van der Waals surface area contributed by atoms with Crippen molar-refractivity contribution in [3.63, 3.8) is 0 Å². The number of carbonyl (C=O) groups excluding carboxylic acids is 1. The number of unbranched alkanes of at least 4 members (excludes halogenated alkanes) is 1. The highest BCUT2D eigenvalue weighted by Gasteiger charge is 2.57. The van der Waals surface area contributed by atoms with E-state index in [0.717, 1.165) is 19.3 Å². The number of allylic oxidation sites excluding steroid dienone is 2. The van der Waals surface area contributed by atoms with Crippen molar-refractivity contribution in [3.05, 3.63) is 42.0 Å². The van der Waals surface area contributed by atoms with Gasteiger partial charge in [0.05, 0.1) is 0 Å². The Hall–Kier alpha value is -2.30. The van der Waals surface area contributed by atoms with Crippen molar-refractivity contribution in [1.29, 1.82) is 0 Å². The van der Waals surface area contributed by atoms with Crippen molar-refractivity contribution in [2.24, 2.45) is 23.2 Å². The van der Waals surface area contributed by atoms with Crippen molar-refractivity contribution < 1.29 is 19.8 Å². The summed E-state index contributed by atoms with van der Waals surface area (Å²) in [4.78, 5) is 23.3. The SMILES string of the molecule is CC1(C)[C@H]2C[C@H](C/C=C/CCCC(=O)O)[C@@H](NC(=O)c3ccc(O)cc3)[C@@H]1C2. The van der Waals surface area contributed by atoms with Crippen LogP contribution in [0.25, 0.3) is 0 Å². The summed E-state index contributed by atoms with van der Waals surface area (Å²) in [6.45, 7) is 4.62. The van der Waals surface area contributed by atoms with Gasteiger partial charge in [-0.15, -0.1) is 0 Å². The first-order valence-corrected chi connectivity index (χ1v) is 10.3. The predicted octanol–water partition coefficient (Wildman–Crippen LogP) is 4.37. The molecule has 0 spiro atoms. The van der Waals surface area contributed by atoms with Crippen molar-refractivity contribution >= 4 is 11.9 Å². The standard InChI is InChI=1S/C23H31NO4/c1-23(2)17-13-16(7-5-3-4-6-8-20(26)27)21(19(23)14-17)24-22(28)15-9-11-18(25)12-10-15/h3,5,9-12,16-17,19,21,25H,4,6-8,13-14H2,1-2H3,(H,24,28)(H,26,27)/b5-3+/t16-,17-,19-,21+/m0/s1. The molecular formula is C23H31NO4. The third-order valence-electron chi connectivity index (χ3n) is 6.87. The molecule has 4 rings (SSSR count).